The van der Waals surface area contributed by atoms with Gasteiger partial charge in [0.05, 0.1) is 13.2 Å². The second-order valence-electron chi connectivity index (χ2n) is 6.29. The third-order valence-corrected chi connectivity index (χ3v) is 4.61. The normalized spacial score (nSPS) is 22.3. The van der Waals surface area contributed by atoms with Crippen molar-refractivity contribution in [2.24, 2.45) is 5.92 Å². The van der Waals surface area contributed by atoms with E-state index in [1.165, 1.54) is 6.42 Å². The van der Waals surface area contributed by atoms with E-state index in [-0.39, 0.29) is 5.91 Å². The van der Waals surface area contributed by atoms with Gasteiger partial charge < -0.3 is 19.9 Å². The number of hydrogen-bond acceptors (Lipinski definition) is 5. The molecule has 23 heavy (non-hydrogen) atoms. The summed E-state index contributed by atoms with van der Waals surface area (Å²) in [5.41, 5.74) is 0. The van der Waals surface area contributed by atoms with E-state index in [0.29, 0.717) is 25.6 Å². The number of carbonyl (C=O) groups is 1. The van der Waals surface area contributed by atoms with E-state index < -0.39 is 0 Å². The minimum atomic E-state index is 0.267. The third kappa shape index (κ3) is 4.91. The van der Waals surface area contributed by atoms with Gasteiger partial charge in [0.2, 0.25) is 5.91 Å². The van der Waals surface area contributed by atoms with Gasteiger partial charge in [0.25, 0.3) is 0 Å². The molecule has 3 heterocycles. The quantitative estimate of drug-likeness (QED) is 0.850. The Morgan fingerprint density at radius 1 is 1.30 bits per heavy atom. The number of nitrogens with one attached hydrogen (secondary N) is 1. The second kappa shape index (κ2) is 8.26. The largest absolute Gasteiger partial charge is 0.378 e. The number of anilines is 1. The van der Waals surface area contributed by atoms with E-state index in [4.69, 9.17) is 4.74 Å². The number of carbonyl (C=O) groups excluding carboxylic acids is 1. The Morgan fingerprint density at radius 3 is 2.96 bits per heavy atom. The van der Waals surface area contributed by atoms with Gasteiger partial charge in [-0.1, -0.05) is 6.07 Å². The molecular weight excluding hydrogens is 292 g/mol. The van der Waals surface area contributed by atoms with Gasteiger partial charge in [-0.15, -0.1) is 0 Å². The van der Waals surface area contributed by atoms with Crippen LogP contribution in [0.4, 0.5) is 5.82 Å². The van der Waals surface area contributed by atoms with Gasteiger partial charge >= 0.3 is 0 Å². The summed E-state index contributed by atoms with van der Waals surface area (Å²) < 4.78 is 5.29. The summed E-state index contributed by atoms with van der Waals surface area (Å²) >= 11 is 0. The maximum atomic E-state index is 12.2. The molecule has 0 bridgehead atoms. The molecule has 0 aliphatic carbocycles. The summed E-state index contributed by atoms with van der Waals surface area (Å²) in [6, 6.07) is 5.91. The van der Waals surface area contributed by atoms with Crippen LogP contribution in [0.15, 0.2) is 24.4 Å². The SMILES string of the molecule is O=C(CCN1CC[C@@H](CNc2ccccn2)C1)N1CCOCC1. The first-order valence-corrected chi connectivity index (χ1v) is 8.54. The van der Waals surface area contributed by atoms with E-state index in [1.807, 2.05) is 23.1 Å². The number of aromatic nitrogens is 1. The van der Waals surface area contributed by atoms with Crippen LogP contribution in [0.5, 0.6) is 0 Å². The number of rotatable bonds is 6. The van der Waals surface area contributed by atoms with Crippen LogP contribution in [-0.2, 0) is 9.53 Å². The highest BCUT2D eigenvalue weighted by molar-refractivity contribution is 5.76. The van der Waals surface area contributed by atoms with Crippen LogP contribution in [0, 0.1) is 5.92 Å². The predicted octanol–water partition coefficient (Wildman–Crippen LogP) is 1.06. The Balaban J connectivity index is 1.34. The third-order valence-electron chi connectivity index (χ3n) is 4.61. The van der Waals surface area contributed by atoms with Crippen molar-refractivity contribution in [3.05, 3.63) is 24.4 Å². The Labute approximate surface area is 137 Å². The lowest BCUT2D eigenvalue weighted by Gasteiger charge is -2.27. The van der Waals surface area contributed by atoms with Crippen molar-refractivity contribution in [3.63, 3.8) is 0 Å². The van der Waals surface area contributed by atoms with Crippen LogP contribution in [0.1, 0.15) is 12.8 Å². The summed E-state index contributed by atoms with van der Waals surface area (Å²) in [4.78, 5) is 20.8. The first-order valence-electron chi connectivity index (χ1n) is 8.54. The molecule has 1 N–H and O–H groups in total. The maximum Gasteiger partial charge on any atom is 0.224 e. The first-order chi connectivity index (χ1) is 11.3. The summed E-state index contributed by atoms with van der Waals surface area (Å²) in [6.07, 6.45) is 3.62. The molecule has 0 aromatic carbocycles. The van der Waals surface area contributed by atoms with Crippen LogP contribution in [-0.4, -0.2) is 73.2 Å². The van der Waals surface area contributed by atoms with Crippen LogP contribution in [0.2, 0.25) is 0 Å². The molecule has 2 fully saturated rings. The fourth-order valence-corrected chi connectivity index (χ4v) is 3.22. The van der Waals surface area contributed by atoms with E-state index in [1.54, 1.807) is 6.20 Å². The van der Waals surface area contributed by atoms with Gasteiger partial charge in [-0.3, -0.25) is 4.79 Å². The van der Waals surface area contributed by atoms with Crippen molar-refractivity contribution >= 4 is 11.7 Å². The lowest BCUT2D eigenvalue weighted by atomic mass is 10.1. The molecule has 1 amide bonds. The molecular formula is C17H26N4O2. The molecule has 1 aromatic heterocycles. The van der Waals surface area contributed by atoms with Gasteiger partial charge in [0.1, 0.15) is 5.82 Å². The number of ether oxygens (including phenoxy) is 1. The zero-order valence-corrected chi connectivity index (χ0v) is 13.6. The number of nitrogens with zero attached hydrogens (tertiary/aromatic N) is 3. The molecule has 1 aromatic rings. The Bertz CT molecular complexity index is 491. The topological polar surface area (TPSA) is 57.7 Å². The highest BCUT2D eigenvalue weighted by atomic mass is 16.5. The summed E-state index contributed by atoms with van der Waals surface area (Å²) in [7, 11) is 0. The zero-order chi connectivity index (χ0) is 15.9. The van der Waals surface area contributed by atoms with E-state index in [2.05, 4.69) is 15.2 Å². The first kappa shape index (κ1) is 16.2. The fraction of sp³-hybridized carbons (Fsp3) is 0.647. The van der Waals surface area contributed by atoms with E-state index in [0.717, 1.165) is 45.1 Å². The molecule has 126 valence electrons. The lowest BCUT2D eigenvalue weighted by molar-refractivity contribution is -0.135. The predicted molar refractivity (Wildman–Crippen MR) is 89.3 cm³/mol. The molecule has 0 radical (unpaired) electrons. The second-order valence-corrected chi connectivity index (χ2v) is 6.29. The smallest absolute Gasteiger partial charge is 0.224 e. The number of pyridine rings is 1. The van der Waals surface area contributed by atoms with E-state index in [9.17, 15) is 4.79 Å². The van der Waals surface area contributed by atoms with Crippen molar-refractivity contribution < 1.29 is 9.53 Å². The maximum absolute atomic E-state index is 12.2. The molecule has 2 aliphatic rings. The molecule has 0 saturated carbocycles. The van der Waals surface area contributed by atoms with Crippen molar-refractivity contribution in [2.45, 2.75) is 12.8 Å². The number of amides is 1. The van der Waals surface area contributed by atoms with Crippen molar-refractivity contribution in [2.75, 3.05) is 57.8 Å². The average Bonchev–Trinajstić information content (AvgIpc) is 3.07. The average molecular weight is 318 g/mol. The molecule has 3 rings (SSSR count). The number of likely N-dealkylation sites (tertiary alicyclic amines) is 1. The summed E-state index contributed by atoms with van der Waals surface area (Å²) in [6.45, 7) is 6.82. The Kier molecular flexibility index (Phi) is 5.82. The molecule has 6 heteroatoms. The molecule has 2 aliphatic heterocycles. The van der Waals surface area contributed by atoms with Gasteiger partial charge in [-0.05, 0) is 31.0 Å². The molecule has 2 saturated heterocycles. The fourth-order valence-electron chi connectivity index (χ4n) is 3.22. The molecule has 0 unspecified atom stereocenters. The lowest BCUT2D eigenvalue weighted by Crippen LogP contribution is -2.41. The van der Waals surface area contributed by atoms with Crippen LogP contribution < -0.4 is 5.32 Å². The monoisotopic (exact) mass is 318 g/mol. The molecule has 0 spiro atoms. The molecule has 6 nitrogen and oxygen atoms in total. The summed E-state index contributed by atoms with van der Waals surface area (Å²) in [5.74, 6) is 1.84. The minimum absolute atomic E-state index is 0.267. The van der Waals surface area contributed by atoms with Crippen LogP contribution >= 0.6 is 0 Å². The van der Waals surface area contributed by atoms with Crippen LogP contribution in [0.3, 0.4) is 0 Å². The Hall–Kier alpha value is -1.66. The van der Waals surface area contributed by atoms with Crippen molar-refractivity contribution in [3.8, 4) is 0 Å². The van der Waals surface area contributed by atoms with Gasteiger partial charge in [-0.25, -0.2) is 4.98 Å². The molecule has 1 atom stereocenters. The van der Waals surface area contributed by atoms with Crippen molar-refractivity contribution in [1.29, 1.82) is 0 Å². The van der Waals surface area contributed by atoms with Gasteiger partial charge in [0.15, 0.2) is 0 Å². The van der Waals surface area contributed by atoms with Gasteiger partial charge in [-0.2, -0.15) is 0 Å². The highest BCUT2D eigenvalue weighted by Gasteiger charge is 2.24. The Morgan fingerprint density at radius 2 is 2.17 bits per heavy atom. The number of hydrogen-bond donors (Lipinski definition) is 1. The van der Waals surface area contributed by atoms with Crippen molar-refractivity contribution in [1.82, 2.24) is 14.8 Å². The van der Waals surface area contributed by atoms with Gasteiger partial charge in [0, 0.05) is 45.3 Å². The zero-order valence-electron chi connectivity index (χ0n) is 13.6. The number of morpholine rings is 1. The van der Waals surface area contributed by atoms with Crippen LogP contribution in [0.25, 0.3) is 0 Å². The van der Waals surface area contributed by atoms with E-state index >= 15 is 0 Å². The highest BCUT2D eigenvalue weighted by Crippen LogP contribution is 2.17. The summed E-state index contributed by atoms with van der Waals surface area (Å²) in [5, 5.41) is 3.40. The minimum Gasteiger partial charge on any atom is -0.378 e. The standard InChI is InChI=1S/C17H26N4O2/c22-17(21-9-11-23-12-10-21)5-8-20-7-4-15(14-20)13-19-16-3-1-2-6-18-16/h1-3,6,15H,4-5,7-14H2,(H,18,19)/t15-/m0/s1.